The van der Waals surface area contributed by atoms with E-state index in [1.807, 2.05) is 30.3 Å². The number of benzene rings is 1. The van der Waals surface area contributed by atoms with Crippen LogP contribution >= 0.6 is 11.8 Å². The van der Waals surface area contributed by atoms with Crippen molar-refractivity contribution < 1.29 is 9.59 Å². The molecule has 1 fully saturated rings. The number of nitrogens with zero attached hydrogens (tertiary/aromatic N) is 2. The van der Waals surface area contributed by atoms with E-state index in [9.17, 15) is 9.59 Å². The van der Waals surface area contributed by atoms with Crippen LogP contribution in [0.2, 0.25) is 0 Å². The van der Waals surface area contributed by atoms with Gasteiger partial charge in [-0.05, 0) is 12.1 Å². The number of thioether (sulfide) groups is 1. The first-order valence-corrected chi connectivity index (χ1v) is 6.65. The Kier molecular flexibility index (Phi) is 4.09. The maximum Gasteiger partial charge on any atom is 0.282 e. The molecule has 1 heterocycles. The molecule has 0 unspecified atom stereocenters. The molecule has 1 saturated heterocycles. The topological polar surface area (TPSA) is 52.7 Å². The monoisotopic (exact) mass is 265 g/mol. The summed E-state index contributed by atoms with van der Waals surface area (Å²) in [5, 5.41) is 1.63. The molecule has 2 rings (SSSR count). The van der Waals surface area contributed by atoms with Crippen LogP contribution in [0.25, 0.3) is 0 Å². The van der Waals surface area contributed by atoms with Crippen LogP contribution < -0.4 is 10.4 Å². The minimum absolute atomic E-state index is 0.0208. The zero-order valence-electron chi connectivity index (χ0n) is 10.1. The largest absolute Gasteiger partial charge is 0.323 e. The molecule has 5 nitrogen and oxygen atoms in total. The Labute approximate surface area is 110 Å². The molecule has 0 aromatic heterocycles. The second-order valence-electron chi connectivity index (χ2n) is 3.97. The highest BCUT2D eigenvalue weighted by Gasteiger charge is 2.23. The molecule has 6 heteroatoms. The van der Waals surface area contributed by atoms with Gasteiger partial charge in [-0.2, -0.15) is 0 Å². The van der Waals surface area contributed by atoms with Crippen LogP contribution in [-0.4, -0.2) is 41.9 Å². The van der Waals surface area contributed by atoms with Gasteiger partial charge in [0.25, 0.3) is 11.1 Å². The van der Waals surface area contributed by atoms with Crippen molar-refractivity contribution in [2.45, 2.75) is 0 Å². The fourth-order valence-corrected chi connectivity index (χ4v) is 2.51. The van der Waals surface area contributed by atoms with Crippen molar-refractivity contribution in [1.82, 2.24) is 10.3 Å². The fraction of sp³-hybridized carbons (Fsp3) is 0.333. The Balaban J connectivity index is 1.86. The number of hydrogen-bond donors (Lipinski definition) is 1. The van der Waals surface area contributed by atoms with Crippen LogP contribution in [0.1, 0.15) is 0 Å². The quantitative estimate of drug-likeness (QED) is 0.834. The van der Waals surface area contributed by atoms with Crippen molar-refractivity contribution >= 4 is 28.6 Å². The summed E-state index contributed by atoms with van der Waals surface area (Å²) in [6, 6.07) is 9.52. The van der Waals surface area contributed by atoms with E-state index >= 15 is 0 Å². The number of hydrogen-bond acceptors (Lipinski definition) is 4. The second kappa shape index (κ2) is 5.77. The van der Waals surface area contributed by atoms with Gasteiger partial charge in [-0.25, -0.2) is 0 Å². The van der Waals surface area contributed by atoms with Crippen molar-refractivity contribution in [2.24, 2.45) is 0 Å². The van der Waals surface area contributed by atoms with E-state index in [2.05, 4.69) is 5.43 Å². The van der Waals surface area contributed by atoms with Crippen molar-refractivity contribution in [2.75, 3.05) is 30.9 Å². The molecule has 2 amide bonds. The molecule has 1 aliphatic rings. The number of para-hydroxylation sites is 1. The lowest BCUT2D eigenvalue weighted by Gasteiger charge is -2.22. The molecule has 0 saturated carbocycles. The minimum Gasteiger partial charge on any atom is -0.323 e. The summed E-state index contributed by atoms with van der Waals surface area (Å²) < 4.78 is 0. The minimum atomic E-state index is -0.183. The number of anilines is 1. The van der Waals surface area contributed by atoms with Gasteiger partial charge >= 0.3 is 0 Å². The highest BCUT2D eigenvalue weighted by molar-refractivity contribution is 8.13. The molecule has 0 radical (unpaired) electrons. The van der Waals surface area contributed by atoms with E-state index in [1.165, 1.54) is 11.8 Å². The number of hydrazine groups is 1. The van der Waals surface area contributed by atoms with Crippen LogP contribution in [0.3, 0.4) is 0 Å². The Morgan fingerprint density at radius 2 is 2.17 bits per heavy atom. The van der Waals surface area contributed by atoms with Gasteiger partial charge < -0.3 is 4.90 Å². The van der Waals surface area contributed by atoms with Gasteiger partial charge in [0.2, 0.25) is 0 Å². The predicted octanol–water partition coefficient (Wildman–Crippen LogP) is 1.32. The van der Waals surface area contributed by atoms with Crippen LogP contribution in [0.4, 0.5) is 10.5 Å². The lowest BCUT2D eigenvalue weighted by Crippen LogP contribution is -2.45. The van der Waals surface area contributed by atoms with Crippen LogP contribution in [0, 0.1) is 0 Å². The van der Waals surface area contributed by atoms with Gasteiger partial charge in [0, 0.05) is 19.3 Å². The third kappa shape index (κ3) is 3.16. The third-order valence-corrected chi connectivity index (χ3v) is 3.51. The molecule has 0 bridgehead atoms. The summed E-state index contributed by atoms with van der Waals surface area (Å²) in [5.74, 6) is 0.581. The van der Waals surface area contributed by atoms with E-state index < -0.39 is 0 Å². The van der Waals surface area contributed by atoms with Gasteiger partial charge in [0.1, 0.15) is 6.54 Å². The van der Waals surface area contributed by atoms with Crippen molar-refractivity contribution in [3.63, 3.8) is 0 Å². The molecule has 1 aromatic carbocycles. The first kappa shape index (κ1) is 12.8. The molecule has 1 N–H and O–H groups in total. The molecule has 96 valence electrons. The van der Waals surface area contributed by atoms with Crippen LogP contribution in [-0.2, 0) is 4.79 Å². The van der Waals surface area contributed by atoms with Crippen molar-refractivity contribution in [3.05, 3.63) is 30.3 Å². The Morgan fingerprint density at radius 3 is 2.78 bits per heavy atom. The van der Waals surface area contributed by atoms with Crippen molar-refractivity contribution in [3.8, 4) is 0 Å². The molecule has 0 spiro atoms. The molecule has 1 aromatic rings. The number of nitrogens with one attached hydrogen (secondary N) is 1. The Morgan fingerprint density at radius 1 is 1.44 bits per heavy atom. The van der Waals surface area contributed by atoms with E-state index in [-0.39, 0.29) is 17.7 Å². The van der Waals surface area contributed by atoms with Gasteiger partial charge in [-0.3, -0.25) is 20.0 Å². The average molecular weight is 265 g/mol. The van der Waals surface area contributed by atoms with E-state index in [1.54, 1.807) is 17.0 Å². The first-order chi connectivity index (χ1) is 8.66. The Hall–Kier alpha value is -1.69. The standard InChI is InChI=1S/C12H15N3O2S/c1-14(10-5-3-2-4-6-10)13-11(16)9-15-7-8-18-12(15)17/h2-6H,7-9H2,1H3,(H,13,16). The summed E-state index contributed by atoms with van der Waals surface area (Å²) in [6.45, 7) is 0.759. The van der Waals surface area contributed by atoms with Gasteiger partial charge in [-0.15, -0.1) is 0 Å². The molecule has 0 atom stereocenters. The molecular weight excluding hydrogens is 250 g/mol. The third-order valence-electron chi connectivity index (χ3n) is 2.62. The van der Waals surface area contributed by atoms with Gasteiger partial charge in [0.15, 0.2) is 0 Å². The number of rotatable bonds is 4. The maximum absolute atomic E-state index is 11.8. The van der Waals surface area contributed by atoms with Crippen LogP contribution in [0.15, 0.2) is 30.3 Å². The number of carbonyl (C=O) groups is 2. The zero-order valence-corrected chi connectivity index (χ0v) is 10.9. The first-order valence-electron chi connectivity index (χ1n) is 5.67. The molecule has 1 aliphatic heterocycles. The average Bonchev–Trinajstić information content (AvgIpc) is 2.76. The van der Waals surface area contributed by atoms with E-state index in [4.69, 9.17) is 0 Å². The lowest BCUT2D eigenvalue weighted by molar-refractivity contribution is -0.121. The predicted molar refractivity (Wildman–Crippen MR) is 72.4 cm³/mol. The highest BCUT2D eigenvalue weighted by Crippen LogP contribution is 2.16. The van der Waals surface area contributed by atoms with Crippen molar-refractivity contribution in [1.29, 1.82) is 0 Å². The number of carbonyl (C=O) groups excluding carboxylic acids is 2. The fourth-order valence-electron chi connectivity index (χ4n) is 1.68. The van der Waals surface area contributed by atoms with Crippen LogP contribution in [0.5, 0.6) is 0 Å². The number of amides is 2. The zero-order chi connectivity index (χ0) is 13.0. The Bertz CT molecular complexity index is 438. The second-order valence-corrected chi connectivity index (χ2v) is 5.01. The van der Waals surface area contributed by atoms with Gasteiger partial charge in [-0.1, -0.05) is 30.0 Å². The summed E-state index contributed by atoms with van der Waals surface area (Å²) in [7, 11) is 1.77. The summed E-state index contributed by atoms with van der Waals surface area (Å²) in [5.41, 5.74) is 3.63. The summed E-state index contributed by atoms with van der Waals surface area (Å²) in [4.78, 5) is 24.7. The van der Waals surface area contributed by atoms with Gasteiger partial charge in [0.05, 0.1) is 5.69 Å². The normalized spacial score (nSPS) is 14.7. The maximum atomic E-state index is 11.8. The molecule has 0 aliphatic carbocycles. The summed E-state index contributed by atoms with van der Waals surface area (Å²) in [6.07, 6.45) is 0. The lowest BCUT2D eigenvalue weighted by atomic mass is 10.3. The molecular formula is C12H15N3O2S. The SMILES string of the molecule is CN(NC(=O)CN1CCSC1=O)c1ccccc1. The smallest absolute Gasteiger partial charge is 0.282 e. The van der Waals surface area contributed by atoms with E-state index in [0.717, 1.165) is 11.4 Å². The van der Waals surface area contributed by atoms with E-state index in [0.29, 0.717) is 6.54 Å². The highest BCUT2D eigenvalue weighted by atomic mass is 32.2. The molecule has 18 heavy (non-hydrogen) atoms. The summed E-state index contributed by atoms with van der Waals surface area (Å²) >= 11 is 1.26.